The number of benzene rings is 1. The lowest BCUT2D eigenvalue weighted by Gasteiger charge is -2.11. The molecule has 2 rings (SSSR count). The molecule has 8 heteroatoms. The average Bonchev–Trinajstić information content (AvgIpc) is 2.46. The highest BCUT2D eigenvalue weighted by Crippen LogP contribution is 2.18. The van der Waals surface area contributed by atoms with Crippen molar-refractivity contribution < 1.29 is 17.6 Å². The molecule has 0 spiro atoms. The second kappa shape index (κ2) is 6.52. The number of pyridine rings is 1. The number of carbonyl (C=O) groups is 1. The third-order valence-electron chi connectivity index (χ3n) is 2.70. The number of nitrogens with zero attached hydrogens (tertiary/aromatic N) is 1. The van der Waals surface area contributed by atoms with Crippen LogP contribution in [0.15, 0.2) is 42.7 Å². The normalized spacial score (nSPS) is 11.0. The van der Waals surface area contributed by atoms with Crippen LogP contribution < -0.4 is 10.0 Å². The third-order valence-corrected chi connectivity index (χ3v) is 3.29. The minimum absolute atomic E-state index is 0.0209. The number of halogens is 1. The standard InChI is InChI=1S/C14H14FN3O3S/c1-22(20,21)18-13-5-4-11(15)7-12(13)14(19)17-9-10-3-2-6-16-8-10/h2-8,18H,9H2,1H3,(H,17,19). The van der Waals surface area contributed by atoms with Crippen LogP contribution in [-0.2, 0) is 16.6 Å². The van der Waals surface area contributed by atoms with Gasteiger partial charge in [0.25, 0.3) is 5.91 Å². The van der Waals surface area contributed by atoms with Crippen LogP contribution in [0.4, 0.5) is 10.1 Å². The van der Waals surface area contributed by atoms with E-state index >= 15 is 0 Å². The fourth-order valence-corrected chi connectivity index (χ4v) is 2.35. The van der Waals surface area contributed by atoms with Crippen LogP contribution in [0.2, 0.25) is 0 Å². The number of hydrogen-bond acceptors (Lipinski definition) is 4. The molecule has 0 aliphatic carbocycles. The van der Waals surface area contributed by atoms with Gasteiger partial charge in [0.1, 0.15) is 5.82 Å². The molecule has 0 unspecified atom stereocenters. The number of amides is 1. The molecule has 6 nitrogen and oxygen atoms in total. The number of sulfonamides is 1. The van der Waals surface area contributed by atoms with Gasteiger partial charge in [-0.1, -0.05) is 6.07 Å². The topological polar surface area (TPSA) is 88.2 Å². The van der Waals surface area contributed by atoms with Crippen molar-refractivity contribution in [3.05, 3.63) is 59.7 Å². The molecule has 2 N–H and O–H groups in total. The lowest BCUT2D eigenvalue weighted by molar-refractivity contribution is 0.0951. The van der Waals surface area contributed by atoms with Gasteiger partial charge in [-0.25, -0.2) is 12.8 Å². The minimum atomic E-state index is -3.58. The maximum absolute atomic E-state index is 13.3. The first-order valence-corrected chi connectivity index (χ1v) is 8.19. The van der Waals surface area contributed by atoms with E-state index < -0.39 is 21.7 Å². The first-order chi connectivity index (χ1) is 10.3. The Balaban J connectivity index is 2.19. The van der Waals surface area contributed by atoms with E-state index in [1.54, 1.807) is 24.5 Å². The number of carbonyl (C=O) groups excluding carboxylic acids is 1. The van der Waals surface area contributed by atoms with Gasteiger partial charge in [0.05, 0.1) is 17.5 Å². The molecular weight excluding hydrogens is 309 g/mol. The Bertz CT molecular complexity index is 779. The van der Waals surface area contributed by atoms with Crippen LogP contribution in [0.1, 0.15) is 15.9 Å². The van der Waals surface area contributed by atoms with Crippen molar-refractivity contribution in [2.24, 2.45) is 0 Å². The van der Waals surface area contributed by atoms with Gasteiger partial charge in [-0.2, -0.15) is 0 Å². The van der Waals surface area contributed by atoms with Gasteiger partial charge in [0.15, 0.2) is 0 Å². The zero-order valence-corrected chi connectivity index (χ0v) is 12.5. The molecule has 22 heavy (non-hydrogen) atoms. The lowest BCUT2D eigenvalue weighted by atomic mass is 10.1. The van der Waals surface area contributed by atoms with E-state index in [0.717, 1.165) is 24.0 Å². The molecule has 0 saturated heterocycles. The summed E-state index contributed by atoms with van der Waals surface area (Å²) in [5.41, 5.74) is 0.701. The molecule has 0 fully saturated rings. The summed E-state index contributed by atoms with van der Waals surface area (Å²) in [5, 5.41) is 2.59. The molecule has 0 radical (unpaired) electrons. The highest BCUT2D eigenvalue weighted by Gasteiger charge is 2.15. The summed E-state index contributed by atoms with van der Waals surface area (Å²) in [4.78, 5) is 16.1. The van der Waals surface area contributed by atoms with Gasteiger partial charge in [-0.15, -0.1) is 0 Å². The molecule has 116 valence electrons. The molecule has 1 aromatic heterocycles. The first kappa shape index (κ1) is 15.9. The van der Waals surface area contributed by atoms with E-state index in [9.17, 15) is 17.6 Å². The van der Waals surface area contributed by atoms with E-state index in [2.05, 4.69) is 15.0 Å². The van der Waals surface area contributed by atoms with Crippen LogP contribution in [0.5, 0.6) is 0 Å². The molecule has 2 aromatic rings. The summed E-state index contributed by atoms with van der Waals surface area (Å²) in [6.07, 6.45) is 4.14. The Morgan fingerprint density at radius 2 is 2.09 bits per heavy atom. The largest absolute Gasteiger partial charge is 0.348 e. The summed E-state index contributed by atoms with van der Waals surface area (Å²) in [6, 6.07) is 6.75. The van der Waals surface area contributed by atoms with Crippen molar-refractivity contribution in [2.75, 3.05) is 11.0 Å². The second-order valence-electron chi connectivity index (χ2n) is 4.61. The second-order valence-corrected chi connectivity index (χ2v) is 6.36. The van der Waals surface area contributed by atoms with Crippen LogP contribution in [-0.4, -0.2) is 25.6 Å². The van der Waals surface area contributed by atoms with E-state index in [4.69, 9.17) is 0 Å². The van der Waals surface area contributed by atoms with Crippen molar-refractivity contribution >= 4 is 21.6 Å². The van der Waals surface area contributed by atoms with E-state index in [1.807, 2.05) is 0 Å². The van der Waals surface area contributed by atoms with Crippen LogP contribution in [0.3, 0.4) is 0 Å². The molecule has 0 aliphatic heterocycles. The van der Waals surface area contributed by atoms with Crippen LogP contribution in [0.25, 0.3) is 0 Å². The summed E-state index contributed by atoms with van der Waals surface area (Å²) in [7, 11) is -3.58. The SMILES string of the molecule is CS(=O)(=O)Nc1ccc(F)cc1C(=O)NCc1cccnc1. The molecule has 1 heterocycles. The first-order valence-electron chi connectivity index (χ1n) is 6.29. The Morgan fingerprint density at radius 3 is 2.73 bits per heavy atom. The number of anilines is 1. The Hall–Kier alpha value is -2.48. The highest BCUT2D eigenvalue weighted by molar-refractivity contribution is 7.92. The van der Waals surface area contributed by atoms with E-state index in [1.165, 1.54) is 6.07 Å². The van der Waals surface area contributed by atoms with Crippen molar-refractivity contribution in [2.45, 2.75) is 6.54 Å². The summed E-state index contributed by atoms with van der Waals surface area (Å²) < 4.78 is 38.1. The highest BCUT2D eigenvalue weighted by atomic mass is 32.2. The van der Waals surface area contributed by atoms with Crippen LogP contribution in [0, 0.1) is 5.82 Å². The van der Waals surface area contributed by atoms with E-state index in [0.29, 0.717) is 0 Å². The zero-order valence-electron chi connectivity index (χ0n) is 11.7. The van der Waals surface area contributed by atoms with Crippen molar-refractivity contribution in [3.8, 4) is 0 Å². The summed E-state index contributed by atoms with van der Waals surface area (Å²) in [6.45, 7) is 0.196. The number of nitrogens with one attached hydrogen (secondary N) is 2. The molecule has 1 aromatic carbocycles. The Labute approximate surface area is 127 Å². The number of aromatic nitrogens is 1. The fourth-order valence-electron chi connectivity index (χ4n) is 1.77. The molecule has 0 saturated carbocycles. The fraction of sp³-hybridized carbons (Fsp3) is 0.143. The average molecular weight is 323 g/mol. The molecule has 1 amide bonds. The smallest absolute Gasteiger partial charge is 0.253 e. The Kier molecular flexibility index (Phi) is 4.71. The molecular formula is C14H14FN3O3S. The summed E-state index contributed by atoms with van der Waals surface area (Å²) >= 11 is 0. The maximum Gasteiger partial charge on any atom is 0.253 e. The van der Waals surface area contributed by atoms with Crippen molar-refractivity contribution in [3.63, 3.8) is 0 Å². The van der Waals surface area contributed by atoms with Gasteiger partial charge < -0.3 is 5.32 Å². The predicted octanol–water partition coefficient (Wildman–Crippen LogP) is 1.52. The lowest BCUT2D eigenvalue weighted by Crippen LogP contribution is -2.25. The third kappa shape index (κ3) is 4.52. The molecule has 0 aliphatic rings. The number of rotatable bonds is 5. The van der Waals surface area contributed by atoms with Crippen molar-refractivity contribution in [1.82, 2.24) is 10.3 Å². The summed E-state index contributed by atoms with van der Waals surface area (Å²) in [5.74, 6) is -1.22. The van der Waals surface area contributed by atoms with Crippen LogP contribution >= 0.6 is 0 Å². The predicted molar refractivity (Wildman–Crippen MR) is 80.3 cm³/mol. The molecule has 0 bridgehead atoms. The van der Waals surface area contributed by atoms with Gasteiger partial charge in [0.2, 0.25) is 10.0 Å². The quantitative estimate of drug-likeness (QED) is 0.873. The van der Waals surface area contributed by atoms with Gasteiger partial charge in [-0.3, -0.25) is 14.5 Å². The van der Waals surface area contributed by atoms with Crippen molar-refractivity contribution in [1.29, 1.82) is 0 Å². The van der Waals surface area contributed by atoms with Gasteiger partial charge in [0, 0.05) is 18.9 Å². The Morgan fingerprint density at radius 1 is 1.32 bits per heavy atom. The van der Waals surface area contributed by atoms with Gasteiger partial charge >= 0.3 is 0 Å². The maximum atomic E-state index is 13.3. The van der Waals surface area contributed by atoms with Gasteiger partial charge in [-0.05, 0) is 29.8 Å². The zero-order chi connectivity index (χ0) is 16.2. The minimum Gasteiger partial charge on any atom is -0.348 e. The molecule has 0 atom stereocenters. The number of hydrogen-bond donors (Lipinski definition) is 2. The monoisotopic (exact) mass is 323 g/mol. The van der Waals surface area contributed by atoms with E-state index in [-0.39, 0.29) is 17.8 Å².